The number of rotatable bonds is 2. The molecular formula is C5H10N4. The standard InChI is InChI=1S/C5H10N4/c1-3-8-4(2)9-5(6)7/h3H,2H2,1H3,(H4,6,7,9)/b8-3-. The highest BCUT2D eigenvalue weighted by Crippen LogP contribution is 1.89. The minimum absolute atomic E-state index is 0.0226. The van der Waals surface area contributed by atoms with Gasteiger partial charge in [-0.25, -0.2) is 4.99 Å². The summed E-state index contributed by atoms with van der Waals surface area (Å²) in [7, 11) is 0. The van der Waals surface area contributed by atoms with Crippen LogP contribution in [0, 0.1) is 0 Å². The Morgan fingerprint density at radius 1 is 1.56 bits per heavy atom. The second-order valence-electron chi connectivity index (χ2n) is 1.34. The van der Waals surface area contributed by atoms with Crippen LogP contribution in [-0.2, 0) is 0 Å². The van der Waals surface area contributed by atoms with Gasteiger partial charge in [-0.15, -0.1) is 0 Å². The van der Waals surface area contributed by atoms with E-state index in [-0.39, 0.29) is 5.96 Å². The van der Waals surface area contributed by atoms with Gasteiger partial charge >= 0.3 is 0 Å². The number of nitrogens with zero attached hydrogens (tertiary/aromatic N) is 2. The van der Waals surface area contributed by atoms with Crippen molar-refractivity contribution in [3.8, 4) is 0 Å². The molecule has 0 aromatic rings. The van der Waals surface area contributed by atoms with E-state index < -0.39 is 0 Å². The molecule has 0 unspecified atom stereocenters. The molecule has 0 aromatic carbocycles. The summed E-state index contributed by atoms with van der Waals surface area (Å²) >= 11 is 0. The van der Waals surface area contributed by atoms with Crippen molar-refractivity contribution in [3.63, 3.8) is 0 Å². The van der Waals surface area contributed by atoms with Crippen molar-refractivity contribution < 1.29 is 0 Å². The van der Waals surface area contributed by atoms with Crippen molar-refractivity contribution in [2.45, 2.75) is 6.92 Å². The van der Waals surface area contributed by atoms with Crippen molar-refractivity contribution >= 4 is 12.2 Å². The maximum atomic E-state index is 5.02. The second-order valence-corrected chi connectivity index (χ2v) is 1.34. The topological polar surface area (TPSA) is 76.8 Å². The van der Waals surface area contributed by atoms with Crippen molar-refractivity contribution in [3.05, 3.63) is 12.4 Å². The Balaban J connectivity index is 3.93. The molecule has 0 bridgehead atoms. The fraction of sp³-hybridized carbons (Fsp3) is 0.200. The van der Waals surface area contributed by atoms with Crippen LogP contribution in [0.25, 0.3) is 0 Å². The summed E-state index contributed by atoms with van der Waals surface area (Å²) in [6.07, 6.45) is 1.56. The van der Waals surface area contributed by atoms with E-state index in [2.05, 4.69) is 16.6 Å². The molecule has 0 radical (unpaired) electrons. The van der Waals surface area contributed by atoms with Crippen LogP contribution in [0.15, 0.2) is 22.4 Å². The van der Waals surface area contributed by atoms with E-state index in [1.165, 1.54) is 0 Å². The van der Waals surface area contributed by atoms with Crippen LogP contribution in [0.4, 0.5) is 0 Å². The maximum absolute atomic E-state index is 5.02. The van der Waals surface area contributed by atoms with E-state index in [1.807, 2.05) is 0 Å². The van der Waals surface area contributed by atoms with Gasteiger partial charge in [0.15, 0.2) is 5.96 Å². The SMILES string of the molecule is C=C(N=C(N)N)/N=C\C. The van der Waals surface area contributed by atoms with Gasteiger partial charge in [0.25, 0.3) is 0 Å². The number of nitrogens with two attached hydrogens (primary N) is 2. The fourth-order valence-electron chi connectivity index (χ4n) is 0.327. The molecule has 0 saturated carbocycles. The summed E-state index contributed by atoms with van der Waals surface area (Å²) in [5.41, 5.74) is 10.0. The first-order valence-electron chi connectivity index (χ1n) is 2.44. The van der Waals surface area contributed by atoms with Gasteiger partial charge in [-0.1, -0.05) is 6.58 Å². The third-order valence-corrected chi connectivity index (χ3v) is 0.536. The fourth-order valence-corrected chi connectivity index (χ4v) is 0.327. The molecular weight excluding hydrogens is 116 g/mol. The number of hydrogen-bond acceptors (Lipinski definition) is 2. The molecule has 0 rings (SSSR count). The minimum Gasteiger partial charge on any atom is -0.370 e. The van der Waals surface area contributed by atoms with Gasteiger partial charge in [0.05, 0.1) is 0 Å². The highest BCUT2D eigenvalue weighted by molar-refractivity contribution is 5.76. The zero-order chi connectivity index (χ0) is 7.28. The average Bonchev–Trinajstić information content (AvgIpc) is 1.63. The van der Waals surface area contributed by atoms with Crippen molar-refractivity contribution in [2.24, 2.45) is 21.5 Å². The lowest BCUT2D eigenvalue weighted by molar-refractivity contribution is 1.24. The predicted octanol–water partition coefficient (Wildman–Crippen LogP) is -0.178. The van der Waals surface area contributed by atoms with Crippen LogP contribution >= 0.6 is 0 Å². The Hall–Kier alpha value is -1.32. The van der Waals surface area contributed by atoms with E-state index in [4.69, 9.17) is 11.5 Å². The van der Waals surface area contributed by atoms with Gasteiger partial charge in [0.1, 0.15) is 5.82 Å². The van der Waals surface area contributed by atoms with E-state index >= 15 is 0 Å². The van der Waals surface area contributed by atoms with Gasteiger partial charge < -0.3 is 11.5 Å². The van der Waals surface area contributed by atoms with Crippen molar-refractivity contribution in [2.75, 3.05) is 0 Å². The smallest absolute Gasteiger partial charge is 0.192 e. The van der Waals surface area contributed by atoms with Gasteiger partial charge in [-0.05, 0) is 6.92 Å². The molecule has 0 aliphatic heterocycles. The first-order chi connectivity index (χ1) is 4.16. The molecule has 0 aliphatic rings. The lowest BCUT2D eigenvalue weighted by Gasteiger charge is -1.88. The van der Waals surface area contributed by atoms with Crippen LogP contribution in [0.1, 0.15) is 6.92 Å². The molecule has 0 spiro atoms. The number of hydrogen-bond donors (Lipinski definition) is 2. The zero-order valence-electron chi connectivity index (χ0n) is 5.33. The Kier molecular flexibility index (Phi) is 3.12. The van der Waals surface area contributed by atoms with E-state index in [1.54, 1.807) is 13.1 Å². The molecule has 0 aromatic heterocycles. The highest BCUT2D eigenvalue weighted by atomic mass is 15.0. The highest BCUT2D eigenvalue weighted by Gasteiger charge is 1.81. The van der Waals surface area contributed by atoms with E-state index in [9.17, 15) is 0 Å². The summed E-state index contributed by atoms with van der Waals surface area (Å²) in [4.78, 5) is 7.24. The molecule has 4 nitrogen and oxygen atoms in total. The molecule has 0 atom stereocenters. The lowest BCUT2D eigenvalue weighted by atomic mass is 10.8. The summed E-state index contributed by atoms with van der Waals surface area (Å²) in [5, 5.41) is 0. The normalized spacial score (nSPS) is 9.44. The Morgan fingerprint density at radius 2 is 2.11 bits per heavy atom. The Labute approximate surface area is 54.0 Å². The molecule has 0 heterocycles. The van der Waals surface area contributed by atoms with Gasteiger partial charge in [0, 0.05) is 6.21 Å². The molecule has 50 valence electrons. The second kappa shape index (κ2) is 3.65. The van der Waals surface area contributed by atoms with Crippen LogP contribution in [0.2, 0.25) is 0 Å². The van der Waals surface area contributed by atoms with Gasteiger partial charge in [-0.2, -0.15) is 4.99 Å². The van der Waals surface area contributed by atoms with Crippen LogP contribution in [-0.4, -0.2) is 12.2 Å². The predicted molar refractivity (Wildman–Crippen MR) is 39.1 cm³/mol. The molecule has 0 fully saturated rings. The molecule has 4 N–H and O–H groups in total. The van der Waals surface area contributed by atoms with E-state index in [0.29, 0.717) is 5.82 Å². The van der Waals surface area contributed by atoms with Crippen LogP contribution in [0.5, 0.6) is 0 Å². The Bertz CT molecular complexity index is 152. The first kappa shape index (κ1) is 7.68. The average molecular weight is 126 g/mol. The summed E-state index contributed by atoms with van der Waals surface area (Å²) in [6.45, 7) is 5.20. The molecule has 9 heavy (non-hydrogen) atoms. The molecule has 0 aliphatic carbocycles. The van der Waals surface area contributed by atoms with Crippen molar-refractivity contribution in [1.29, 1.82) is 0 Å². The van der Waals surface area contributed by atoms with Gasteiger partial charge in [-0.3, -0.25) is 0 Å². The third kappa shape index (κ3) is 4.53. The Morgan fingerprint density at radius 3 is 2.44 bits per heavy atom. The van der Waals surface area contributed by atoms with Gasteiger partial charge in [0.2, 0.25) is 0 Å². The molecule has 4 heteroatoms. The molecule has 0 saturated heterocycles. The largest absolute Gasteiger partial charge is 0.370 e. The van der Waals surface area contributed by atoms with E-state index in [0.717, 1.165) is 0 Å². The van der Waals surface area contributed by atoms with Crippen molar-refractivity contribution in [1.82, 2.24) is 0 Å². The number of guanidine groups is 1. The quantitative estimate of drug-likeness (QED) is 0.398. The first-order valence-corrected chi connectivity index (χ1v) is 2.44. The zero-order valence-corrected chi connectivity index (χ0v) is 5.33. The number of aliphatic imine (C=N–C) groups is 2. The maximum Gasteiger partial charge on any atom is 0.192 e. The third-order valence-electron chi connectivity index (χ3n) is 0.536. The van der Waals surface area contributed by atoms with Crippen LogP contribution in [0.3, 0.4) is 0 Å². The minimum atomic E-state index is -0.0226. The summed E-state index contributed by atoms with van der Waals surface area (Å²) < 4.78 is 0. The molecule has 0 amide bonds. The lowest BCUT2D eigenvalue weighted by Crippen LogP contribution is -2.22. The summed E-state index contributed by atoms with van der Waals surface area (Å²) in [5.74, 6) is 0.295. The van der Waals surface area contributed by atoms with Crippen LogP contribution < -0.4 is 11.5 Å². The summed E-state index contributed by atoms with van der Waals surface area (Å²) in [6, 6.07) is 0. The monoisotopic (exact) mass is 126 g/mol.